The minimum absolute atomic E-state index is 0.0338. The van der Waals surface area contributed by atoms with Gasteiger partial charge in [-0.05, 0) is 26.1 Å². The fourth-order valence-corrected chi connectivity index (χ4v) is 3.05. The van der Waals surface area contributed by atoms with Crippen molar-refractivity contribution in [3.05, 3.63) is 47.0 Å². The predicted molar refractivity (Wildman–Crippen MR) is 113 cm³/mol. The molecule has 1 heterocycles. The number of carbonyl (C=O) groups excluding carboxylic acids is 2. The lowest BCUT2D eigenvalue weighted by Gasteiger charge is -2.17. The molecule has 0 radical (unpaired) electrons. The molecule has 2 aromatic carbocycles. The lowest BCUT2D eigenvalue weighted by molar-refractivity contribution is -0.119. The summed E-state index contributed by atoms with van der Waals surface area (Å²) in [6, 6.07) is 10.8. The van der Waals surface area contributed by atoms with Crippen molar-refractivity contribution in [1.29, 1.82) is 0 Å². The molecule has 0 aromatic heterocycles. The third-order valence-electron chi connectivity index (χ3n) is 4.27. The molecule has 0 aliphatic carbocycles. The summed E-state index contributed by atoms with van der Waals surface area (Å²) in [5.74, 6) is 0.633. The van der Waals surface area contributed by atoms with Gasteiger partial charge in [-0.15, -0.1) is 0 Å². The molecule has 29 heavy (non-hydrogen) atoms. The van der Waals surface area contributed by atoms with Crippen LogP contribution in [0, 0.1) is 6.92 Å². The molecule has 2 amide bonds. The molecule has 0 fully saturated rings. The first-order chi connectivity index (χ1) is 13.9. The highest BCUT2D eigenvalue weighted by Gasteiger charge is 2.17. The Labute approximate surface area is 174 Å². The number of ether oxygens (including phenoxy) is 2. The van der Waals surface area contributed by atoms with Crippen molar-refractivity contribution in [1.82, 2.24) is 4.90 Å². The van der Waals surface area contributed by atoms with E-state index in [0.29, 0.717) is 35.4 Å². The van der Waals surface area contributed by atoms with Crippen molar-refractivity contribution < 1.29 is 19.1 Å². The second kappa shape index (κ2) is 9.62. The lowest BCUT2D eigenvalue weighted by Crippen LogP contribution is -2.36. The Hall–Kier alpha value is -2.77. The molecule has 2 N–H and O–H groups in total. The Bertz CT molecular complexity index is 886. The van der Waals surface area contributed by atoms with Gasteiger partial charge in [0.05, 0.1) is 37.0 Å². The van der Waals surface area contributed by atoms with E-state index < -0.39 is 0 Å². The highest BCUT2D eigenvalue weighted by atomic mass is 35.5. The quantitative estimate of drug-likeness (QED) is 0.753. The third-order valence-corrected chi connectivity index (χ3v) is 4.59. The van der Waals surface area contributed by atoms with E-state index in [2.05, 4.69) is 10.6 Å². The number of anilines is 2. The molecule has 0 unspecified atom stereocenters. The molecule has 0 saturated carbocycles. The Morgan fingerprint density at radius 2 is 1.59 bits per heavy atom. The summed E-state index contributed by atoms with van der Waals surface area (Å²) in [6.45, 7) is 3.20. The number of likely N-dealkylation sites (N-methyl/N-ethyl adjacent to an activating group) is 1. The first-order valence-corrected chi connectivity index (χ1v) is 9.72. The number of nitrogens with one attached hydrogen (secondary N) is 2. The number of rotatable bonds is 6. The van der Waals surface area contributed by atoms with Crippen LogP contribution < -0.4 is 20.1 Å². The van der Waals surface area contributed by atoms with E-state index in [9.17, 15) is 9.59 Å². The van der Waals surface area contributed by atoms with Crippen molar-refractivity contribution in [2.45, 2.75) is 13.3 Å². The predicted octanol–water partition coefficient (Wildman–Crippen LogP) is 3.32. The molecule has 8 heteroatoms. The van der Waals surface area contributed by atoms with E-state index in [1.54, 1.807) is 24.1 Å². The van der Waals surface area contributed by atoms with Gasteiger partial charge < -0.3 is 20.1 Å². The number of halogens is 1. The third kappa shape index (κ3) is 6.10. The van der Waals surface area contributed by atoms with Crippen molar-refractivity contribution in [3.63, 3.8) is 0 Å². The largest absolute Gasteiger partial charge is 0.490 e. The minimum Gasteiger partial charge on any atom is -0.490 e. The molecular formula is C21H24ClN3O4. The first kappa shape index (κ1) is 21.0. The van der Waals surface area contributed by atoms with Gasteiger partial charge in [-0.2, -0.15) is 0 Å². The molecular weight excluding hydrogens is 394 g/mol. The maximum absolute atomic E-state index is 12.4. The minimum atomic E-state index is -0.285. The molecule has 3 rings (SSSR count). The number of fused-ring (bicyclic) bond motifs is 1. The van der Waals surface area contributed by atoms with Crippen LogP contribution in [0.3, 0.4) is 0 Å². The SMILES string of the molecule is Cc1ccc(NC(=O)CN(C)CC(=O)Nc2cc3c(cc2Cl)OCCCO3)cc1. The van der Waals surface area contributed by atoms with Crippen LogP contribution in [0.5, 0.6) is 11.5 Å². The maximum Gasteiger partial charge on any atom is 0.238 e. The zero-order chi connectivity index (χ0) is 20.8. The van der Waals surface area contributed by atoms with Crippen LogP contribution >= 0.6 is 11.6 Å². The Morgan fingerprint density at radius 3 is 2.24 bits per heavy atom. The van der Waals surface area contributed by atoms with Crippen molar-refractivity contribution in [3.8, 4) is 11.5 Å². The smallest absolute Gasteiger partial charge is 0.238 e. The van der Waals surface area contributed by atoms with E-state index >= 15 is 0 Å². The average Bonchev–Trinajstić information content (AvgIpc) is 2.88. The lowest BCUT2D eigenvalue weighted by atomic mass is 10.2. The zero-order valence-electron chi connectivity index (χ0n) is 16.5. The summed E-state index contributed by atoms with van der Waals surface area (Å²) in [6.07, 6.45) is 0.781. The maximum atomic E-state index is 12.4. The summed E-state index contributed by atoms with van der Waals surface area (Å²) >= 11 is 6.25. The van der Waals surface area contributed by atoms with Crippen LogP contribution in [0.25, 0.3) is 0 Å². The number of hydrogen-bond donors (Lipinski definition) is 2. The van der Waals surface area contributed by atoms with Crippen LogP contribution in [0.1, 0.15) is 12.0 Å². The average molecular weight is 418 g/mol. The van der Waals surface area contributed by atoms with Gasteiger partial charge in [0, 0.05) is 24.2 Å². The molecule has 0 atom stereocenters. The van der Waals surface area contributed by atoms with Gasteiger partial charge in [0.25, 0.3) is 0 Å². The molecule has 0 bridgehead atoms. The fraction of sp³-hybridized carbons (Fsp3) is 0.333. The molecule has 7 nitrogen and oxygen atoms in total. The summed E-state index contributed by atoms with van der Waals surface area (Å²) in [5, 5.41) is 5.93. The van der Waals surface area contributed by atoms with Gasteiger partial charge in [0.1, 0.15) is 0 Å². The van der Waals surface area contributed by atoms with Crippen molar-refractivity contribution in [2.75, 3.05) is 44.0 Å². The monoisotopic (exact) mass is 417 g/mol. The van der Waals surface area contributed by atoms with Gasteiger partial charge in [0.15, 0.2) is 11.5 Å². The number of amides is 2. The number of nitrogens with zero attached hydrogens (tertiary/aromatic N) is 1. The highest BCUT2D eigenvalue weighted by molar-refractivity contribution is 6.34. The van der Waals surface area contributed by atoms with E-state index in [1.165, 1.54) is 0 Å². The molecule has 1 aliphatic heterocycles. The fourth-order valence-electron chi connectivity index (χ4n) is 2.85. The highest BCUT2D eigenvalue weighted by Crippen LogP contribution is 2.37. The Balaban J connectivity index is 1.52. The van der Waals surface area contributed by atoms with Crippen molar-refractivity contribution >= 4 is 34.8 Å². The summed E-state index contributed by atoms with van der Waals surface area (Å²) in [7, 11) is 1.70. The molecule has 1 aliphatic rings. The summed E-state index contributed by atoms with van der Waals surface area (Å²) < 4.78 is 11.2. The zero-order valence-corrected chi connectivity index (χ0v) is 17.2. The molecule has 2 aromatic rings. The van der Waals surface area contributed by atoms with Crippen LogP contribution in [0.4, 0.5) is 11.4 Å². The van der Waals surface area contributed by atoms with E-state index in [4.69, 9.17) is 21.1 Å². The van der Waals surface area contributed by atoms with E-state index in [1.807, 2.05) is 31.2 Å². The summed E-state index contributed by atoms with van der Waals surface area (Å²) in [5.41, 5.74) is 2.28. The van der Waals surface area contributed by atoms with Crippen LogP contribution in [-0.4, -0.2) is 50.1 Å². The van der Waals surface area contributed by atoms with Gasteiger partial charge in [-0.25, -0.2) is 0 Å². The molecule has 0 saturated heterocycles. The Morgan fingerprint density at radius 1 is 1.00 bits per heavy atom. The molecule has 154 valence electrons. The number of carbonyl (C=O) groups is 2. The number of aryl methyl sites for hydroxylation is 1. The number of hydrogen-bond acceptors (Lipinski definition) is 5. The van der Waals surface area contributed by atoms with Crippen LogP contribution in [0.2, 0.25) is 5.02 Å². The van der Waals surface area contributed by atoms with Gasteiger partial charge >= 0.3 is 0 Å². The van der Waals surface area contributed by atoms with Gasteiger partial charge in [0.2, 0.25) is 11.8 Å². The molecule has 0 spiro atoms. The number of benzene rings is 2. The van der Waals surface area contributed by atoms with Gasteiger partial charge in [-0.1, -0.05) is 29.3 Å². The van der Waals surface area contributed by atoms with Crippen molar-refractivity contribution in [2.24, 2.45) is 0 Å². The second-order valence-electron chi connectivity index (χ2n) is 6.96. The second-order valence-corrected chi connectivity index (χ2v) is 7.37. The van der Waals surface area contributed by atoms with E-state index in [0.717, 1.165) is 17.7 Å². The normalized spacial score (nSPS) is 13.0. The van der Waals surface area contributed by atoms with Crippen LogP contribution in [0.15, 0.2) is 36.4 Å². The van der Waals surface area contributed by atoms with E-state index in [-0.39, 0.29) is 24.9 Å². The topological polar surface area (TPSA) is 79.9 Å². The van der Waals surface area contributed by atoms with Gasteiger partial charge in [-0.3, -0.25) is 14.5 Å². The van der Waals surface area contributed by atoms with Crippen LogP contribution in [-0.2, 0) is 9.59 Å². The first-order valence-electron chi connectivity index (χ1n) is 9.35. The summed E-state index contributed by atoms with van der Waals surface area (Å²) in [4.78, 5) is 26.2. The standard InChI is InChI=1S/C21H24ClN3O4/c1-14-4-6-15(7-5-14)23-20(26)12-25(2)13-21(27)24-17-11-19-18(10-16(17)22)28-8-3-9-29-19/h4-7,10-11H,3,8-9,12-13H2,1-2H3,(H,23,26)(H,24,27). The Kier molecular flexibility index (Phi) is 6.95.